The van der Waals surface area contributed by atoms with E-state index >= 15 is 0 Å². The zero-order valence-corrected chi connectivity index (χ0v) is 18.6. The average molecular weight is 462 g/mol. The van der Waals surface area contributed by atoms with Crippen LogP contribution in [0.15, 0.2) is 85.5 Å². The molecule has 0 radical (unpaired) electrons. The highest BCUT2D eigenvalue weighted by Crippen LogP contribution is 2.24. The molecule has 0 saturated carbocycles. The molecule has 0 amide bonds. The number of ether oxygens (including phenoxy) is 4. The van der Waals surface area contributed by atoms with Gasteiger partial charge in [-0.2, -0.15) is 0 Å². The van der Waals surface area contributed by atoms with Gasteiger partial charge in [-0.15, -0.1) is 6.58 Å². The summed E-state index contributed by atoms with van der Waals surface area (Å²) in [5.41, 5.74) is 2.12. The Bertz CT molecular complexity index is 1090. The Morgan fingerprint density at radius 3 is 2.09 bits per heavy atom. The van der Waals surface area contributed by atoms with Gasteiger partial charge < -0.3 is 24.1 Å². The fourth-order valence-electron chi connectivity index (χ4n) is 3.04. The highest BCUT2D eigenvalue weighted by atomic mass is 16.5. The Balaban J connectivity index is 1.50. The first-order chi connectivity index (χ1) is 16.6. The number of carboxylic acid groups (broad SMARTS) is 1. The quantitative estimate of drug-likeness (QED) is 0.168. The molecule has 7 nitrogen and oxygen atoms in total. The lowest BCUT2D eigenvalue weighted by atomic mass is 10.0. The molecule has 0 aliphatic heterocycles. The lowest BCUT2D eigenvalue weighted by molar-refractivity contribution is 0.0449. The molecule has 0 aromatic heterocycles. The number of hydrogen-bond donors (Lipinski definition) is 1. The van der Waals surface area contributed by atoms with Crippen molar-refractivity contribution in [2.45, 2.75) is 0 Å². The van der Waals surface area contributed by atoms with Gasteiger partial charge in [-0.1, -0.05) is 42.5 Å². The van der Waals surface area contributed by atoms with Crippen LogP contribution in [-0.2, 0) is 9.47 Å². The van der Waals surface area contributed by atoms with E-state index in [1.807, 2.05) is 24.3 Å². The fraction of sp³-hybridized carbons (Fsp3) is 0.185. The molecule has 0 heterocycles. The van der Waals surface area contributed by atoms with E-state index < -0.39 is 11.9 Å². The molecule has 0 aliphatic carbocycles. The van der Waals surface area contributed by atoms with Crippen molar-refractivity contribution in [1.29, 1.82) is 0 Å². The van der Waals surface area contributed by atoms with Gasteiger partial charge in [0.15, 0.2) is 0 Å². The second kappa shape index (κ2) is 12.9. The summed E-state index contributed by atoms with van der Waals surface area (Å²) in [6, 6.07) is 20.5. The lowest BCUT2D eigenvalue weighted by Gasteiger charge is -2.09. The molecule has 1 N–H and O–H groups in total. The summed E-state index contributed by atoms with van der Waals surface area (Å²) in [6.07, 6.45) is 1.69. The van der Waals surface area contributed by atoms with Crippen LogP contribution in [-0.4, -0.2) is 50.1 Å². The lowest BCUT2D eigenvalue weighted by Crippen LogP contribution is -2.11. The van der Waals surface area contributed by atoms with E-state index in [4.69, 9.17) is 18.9 Å². The topological polar surface area (TPSA) is 91.3 Å². The number of hydrogen-bond acceptors (Lipinski definition) is 6. The van der Waals surface area contributed by atoms with Crippen molar-refractivity contribution < 1.29 is 33.6 Å². The molecule has 3 aromatic carbocycles. The third-order valence-corrected chi connectivity index (χ3v) is 4.73. The smallest absolute Gasteiger partial charge is 0.343 e. The summed E-state index contributed by atoms with van der Waals surface area (Å²) in [6.45, 7) is 6.02. The van der Waals surface area contributed by atoms with Gasteiger partial charge in [-0.25, -0.2) is 9.59 Å². The van der Waals surface area contributed by atoms with E-state index in [0.29, 0.717) is 38.6 Å². The second-order valence-corrected chi connectivity index (χ2v) is 7.12. The zero-order chi connectivity index (χ0) is 24.2. The first-order valence-electron chi connectivity index (χ1n) is 10.7. The number of benzene rings is 3. The highest BCUT2D eigenvalue weighted by molar-refractivity contribution is 5.95. The van der Waals surface area contributed by atoms with Crippen LogP contribution in [0.3, 0.4) is 0 Å². The number of carbonyl (C=O) groups is 2. The number of carbonyl (C=O) groups excluding carboxylic acids is 1. The number of para-hydroxylation sites is 1. The van der Waals surface area contributed by atoms with Gasteiger partial charge in [0, 0.05) is 0 Å². The Kier molecular flexibility index (Phi) is 9.40. The molecular weight excluding hydrogens is 436 g/mol. The van der Waals surface area contributed by atoms with E-state index in [1.54, 1.807) is 42.5 Å². The largest absolute Gasteiger partial charge is 0.491 e. The van der Waals surface area contributed by atoms with Crippen LogP contribution in [0.25, 0.3) is 11.1 Å². The van der Waals surface area contributed by atoms with Crippen LogP contribution in [0.4, 0.5) is 0 Å². The van der Waals surface area contributed by atoms with Crippen molar-refractivity contribution >= 4 is 11.9 Å². The summed E-state index contributed by atoms with van der Waals surface area (Å²) in [4.78, 5) is 23.7. The molecule has 0 atom stereocenters. The molecule has 7 heteroatoms. The van der Waals surface area contributed by atoms with E-state index in [0.717, 1.165) is 16.9 Å². The van der Waals surface area contributed by atoms with E-state index in [1.165, 1.54) is 12.1 Å². The molecule has 0 bridgehead atoms. The van der Waals surface area contributed by atoms with Crippen molar-refractivity contribution in [2.24, 2.45) is 0 Å². The van der Waals surface area contributed by atoms with Crippen molar-refractivity contribution in [2.75, 3.05) is 33.0 Å². The summed E-state index contributed by atoms with van der Waals surface area (Å²) < 4.78 is 21.6. The van der Waals surface area contributed by atoms with Gasteiger partial charge in [0.2, 0.25) is 0 Å². The third kappa shape index (κ3) is 7.30. The van der Waals surface area contributed by atoms with Gasteiger partial charge in [-0.05, 0) is 47.5 Å². The maximum atomic E-state index is 12.4. The zero-order valence-electron chi connectivity index (χ0n) is 18.6. The van der Waals surface area contributed by atoms with Crippen molar-refractivity contribution in [1.82, 2.24) is 0 Å². The minimum absolute atomic E-state index is 0.00564. The van der Waals surface area contributed by atoms with Crippen molar-refractivity contribution in [3.05, 3.63) is 96.6 Å². The summed E-state index contributed by atoms with van der Waals surface area (Å²) >= 11 is 0. The Morgan fingerprint density at radius 2 is 1.41 bits per heavy atom. The molecular formula is C27H26O7. The normalized spacial score (nSPS) is 10.5. The molecule has 3 aromatic rings. The second-order valence-electron chi connectivity index (χ2n) is 7.12. The maximum Gasteiger partial charge on any atom is 0.343 e. The van der Waals surface area contributed by atoms with Gasteiger partial charge in [0.25, 0.3) is 0 Å². The Morgan fingerprint density at radius 1 is 0.794 bits per heavy atom. The fourth-order valence-corrected chi connectivity index (χ4v) is 3.04. The number of esters is 1. The van der Waals surface area contributed by atoms with Gasteiger partial charge in [-0.3, -0.25) is 0 Å². The van der Waals surface area contributed by atoms with Crippen LogP contribution < -0.4 is 9.47 Å². The molecule has 0 aliphatic rings. The van der Waals surface area contributed by atoms with Crippen LogP contribution >= 0.6 is 0 Å². The Labute approximate surface area is 198 Å². The summed E-state index contributed by atoms with van der Waals surface area (Å²) in [5, 5.41) is 9.23. The minimum Gasteiger partial charge on any atom is -0.491 e. The molecule has 176 valence electrons. The molecule has 0 unspecified atom stereocenters. The predicted molar refractivity (Wildman–Crippen MR) is 128 cm³/mol. The monoisotopic (exact) mass is 462 g/mol. The highest BCUT2D eigenvalue weighted by Gasteiger charge is 2.15. The molecule has 0 spiro atoms. The predicted octanol–water partition coefficient (Wildman–Crippen LogP) is 4.87. The van der Waals surface area contributed by atoms with Crippen LogP contribution in [0.5, 0.6) is 11.5 Å². The van der Waals surface area contributed by atoms with Gasteiger partial charge >= 0.3 is 11.9 Å². The summed E-state index contributed by atoms with van der Waals surface area (Å²) in [7, 11) is 0. The number of aromatic carboxylic acids is 1. The van der Waals surface area contributed by atoms with Crippen molar-refractivity contribution in [3.63, 3.8) is 0 Å². The van der Waals surface area contributed by atoms with Crippen molar-refractivity contribution in [3.8, 4) is 22.6 Å². The molecule has 3 rings (SSSR count). The maximum absolute atomic E-state index is 12.4. The molecule has 0 fully saturated rings. The van der Waals surface area contributed by atoms with E-state index in [9.17, 15) is 14.7 Å². The van der Waals surface area contributed by atoms with Gasteiger partial charge in [0.05, 0.1) is 32.0 Å². The number of carboxylic acids is 1. The SMILES string of the molecule is C=CCOCCOCCOc1ccc(-c2ccc(C(=O)Oc3ccccc3C(=O)O)cc2)cc1. The van der Waals surface area contributed by atoms with E-state index in [2.05, 4.69) is 6.58 Å². The van der Waals surface area contributed by atoms with Gasteiger partial charge in [0.1, 0.15) is 23.7 Å². The molecule has 34 heavy (non-hydrogen) atoms. The van der Waals surface area contributed by atoms with Crippen LogP contribution in [0, 0.1) is 0 Å². The van der Waals surface area contributed by atoms with E-state index in [-0.39, 0.29) is 11.3 Å². The number of rotatable bonds is 13. The standard InChI is InChI=1S/C27H26O7/c1-2-15-31-16-17-32-18-19-33-23-13-11-21(12-14-23)20-7-9-22(10-8-20)27(30)34-25-6-4-3-5-24(25)26(28)29/h2-14H,1,15-19H2,(H,28,29). The minimum atomic E-state index is -1.16. The molecule has 0 saturated heterocycles. The average Bonchev–Trinajstić information content (AvgIpc) is 2.86. The van der Waals surface area contributed by atoms with Crippen LogP contribution in [0.1, 0.15) is 20.7 Å². The first-order valence-corrected chi connectivity index (χ1v) is 10.7. The van der Waals surface area contributed by atoms with Crippen LogP contribution in [0.2, 0.25) is 0 Å². The summed E-state index contributed by atoms with van der Waals surface area (Å²) in [5.74, 6) is -1.05. The Hall–Kier alpha value is -3.94. The first kappa shape index (κ1) is 24.7. The third-order valence-electron chi connectivity index (χ3n) is 4.73.